The van der Waals surface area contributed by atoms with Crippen LogP contribution in [0.25, 0.3) is 17.4 Å². The molecule has 2 aliphatic rings. The van der Waals surface area contributed by atoms with Gasteiger partial charge in [-0.05, 0) is 55.5 Å². The molecule has 3 aromatic heterocycles. The van der Waals surface area contributed by atoms with Gasteiger partial charge in [0.1, 0.15) is 0 Å². The highest BCUT2D eigenvalue weighted by molar-refractivity contribution is 5.71. The zero-order chi connectivity index (χ0) is 29.3. The maximum atomic E-state index is 11.7. The van der Waals surface area contributed by atoms with Crippen LogP contribution in [-0.2, 0) is 15.1 Å². The number of anilines is 3. The van der Waals surface area contributed by atoms with E-state index in [4.69, 9.17) is 14.9 Å². The monoisotopic (exact) mass is 575 g/mol. The lowest BCUT2D eigenvalue weighted by Crippen LogP contribution is -2.49. The first-order valence-corrected chi connectivity index (χ1v) is 14.4. The predicted octanol–water partition coefficient (Wildman–Crippen LogP) is 2.17. The highest BCUT2D eigenvalue weighted by Gasteiger charge is 2.29. The number of rotatable bonds is 8. The van der Waals surface area contributed by atoms with Gasteiger partial charge in [0.25, 0.3) is 5.78 Å². The zero-order valence-electron chi connectivity index (χ0n) is 24.0. The molecule has 0 bridgehead atoms. The summed E-state index contributed by atoms with van der Waals surface area (Å²) in [5, 5.41) is 15.1. The molecular weight excluding hydrogens is 538 g/mol. The summed E-state index contributed by atoms with van der Waals surface area (Å²) >= 11 is 0. The van der Waals surface area contributed by atoms with E-state index >= 15 is 0 Å². The summed E-state index contributed by atoms with van der Waals surface area (Å²) in [6.45, 7) is 8.20. The Morgan fingerprint density at radius 3 is 2.60 bits per heavy atom. The second-order valence-corrected chi connectivity index (χ2v) is 11.3. The van der Waals surface area contributed by atoms with Crippen molar-refractivity contribution in [2.45, 2.75) is 31.8 Å². The van der Waals surface area contributed by atoms with Crippen molar-refractivity contribution in [3.05, 3.63) is 48.2 Å². The molecule has 222 valence electrons. The topological polar surface area (TPSA) is 151 Å². The smallest absolute Gasteiger partial charge is 0.308 e. The molecule has 0 aliphatic carbocycles. The van der Waals surface area contributed by atoms with Crippen molar-refractivity contribution >= 4 is 29.3 Å². The van der Waals surface area contributed by atoms with Crippen LogP contribution >= 0.6 is 0 Å². The third-order valence-electron chi connectivity index (χ3n) is 8.22. The summed E-state index contributed by atoms with van der Waals surface area (Å²) in [5.41, 5.74) is 6.79. The molecule has 2 aliphatic heterocycles. The summed E-state index contributed by atoms with van der Waals surface area (Å²) in [7, 11) is 1.33. The number of ether oxygens (including phenoxy) is 1. The van der Waals surface area contributed by atoms with Crippen molar-refractivity contribution in [3.8, 4) is 11.6 Å². The van der Waals surface area contributed by atoms with Crippen molar-refractivity contribution in [1.82, 2.24) is 29.5 Å². The van der Waals surface area contributed by atoms with Crippen LogP contribution in [0.15, 0.2) is 47.1 Å². The number of esters is 1. The average Bonchev–Trinajstić information content (AvgIpc) is 3.68. The van der Waals surface area contributed by atoms with Crippen molar-refractivity contribution in [1.29, 1.82) is 0 Å². The molecule has 13 heteroatoms. The van der Waals surface area contributed by atoms with E-state index in [1.807, 2.05) is 24.3 Å². The lowest BCUT2D eigenvalue weighted by atomic mass is 9.92. The van der Waals surface area contributed by atoms with Gasteiger partial charge in [0, 0.05) is 51.5 Å². The molecule has 2 saturated heterocycles. The number of furan rings is 1. The number of carbonyl (C=O) groups excluding carboxylic acids is 1. The number of nitrogen functional groups attached to an aromatic ring is 1. The van der Waals surface area contributed by atoms with E-state index in [1.54, 1.807) is 25.3 Å². The van der Waals surface area contributed by atoms with Gasteiger partial charge in [-0.25, -0.2) is 0 Å². The van der Waals surface area contributed by atoms with Crippen molar-refractivity contribution in [2.75, 3.05) is 68.5 Å². The van der Waals surface area contributed by atoms with Gasteiger partial charge >= 0.3 is 5.97 Å². The van der Waals surface area contributed by atoms with Gasteiger partial charge in [0.15, 0.2) is 5.76 Å². The number of carbonyl (C=O) groups is 1. The number of piperidine rings is 1. The second kappa shape index (κ2) is 11.6. The van der Waals surface area contributed by atoms with E-state index in [2.05, 4.69) is 34.8 Å². The highest BCUT2D eigenvalue weighted by Crippen LogP contribution is 2.28. The van der Waals surface area contributed by atoms with E-state index in [9.17, 15) is 9.90 Å². The number of hydrogen-bond donors (Lipinski definition) is 2. The lowest BCUT2D eigenvalue weighted by Gasteiger charge is -2.40. The summed E-state index contributed by atoms with van der Waals surface area (Å²) in [6.07, 6.45) is 3.72. The SMILES string of the molecule is COC(=O)CC(C)(O)c1ccc(N2CCN(CC3CCCN(c4nc(N)n5nc(-c6ccco6)nc5n4)C3)CC2)cc1. The zero-order valence-corrected chi connectivity index (χ0v) is 24.0. The molecule has 13 nitrogen and oxygen atoms in total. The summed E-state index contributed by atoms with van der Waals surface area (Å²) < 4.78 is 11.6. The van der Waals surface area contributed by atoms with Crippen LogP contribution in [-0.4, -0.2) is 93.5 Å². The van der Waals surface area contributed by atoms with Gasteiger partial charge in [0.05, 0.1) is 25.4 Å². The van der Waals surface area contributed by atoms with E-state index < -0.39 is 11.6 Å². The molecule has 3 N–H and O–H groups in total. The van der Waals surface area contributed by atoms with E-state index in [1.165, 1.54) is 11.6 Å². The van der Waals surface area contributed by atoms with Crippen LogP contribution in [0.3, 0.4) is 0 Å². The van der Waals surface area contributed by atoms with E-state index in [0.717, 1.165) is 64.3 Å². The number of methoxy groups -OCH3 is 1. The fourth-order valence-electron chi connectivity index (χ4n) is 5.88. The lowest BCUT2D eigenvalue weighted by molar-refractivity contribution is -0.145. The minimum absolute atomic E-state index is 0.0818. The Kier molecular flexibility index (Phi) is 7.69. The number of benzene rings is 1. The van der Waals surface area contributed by atoms with Crippen LogP contribution in [0, 0.1) is 5.92 Å². The Hall–Kier alpha value is -4.23. The number of fused-ring (bicyclic) bond motifs is 1. The Balaban J connectivity index is 1.04. The van der Waals surface area contributed by atoms with Gasteiger partial charge in [-0.3, -0.25) is 9.69 Å². The number of aromatic nitrogens is 5. The largest absolute Gasteiger partial charge is 0.469 e. The fraction of sp³-hybridized carbons (Fsp3) is 0.483. The average molecular weight is 576 g/mol. The maximum absolute atomic E-state index is 11.7. The number of aliphatic hydroxyl groups is 1. The summed E-state index contributed by atoms with van der Waals surface area (Å²) in [6, 6.07) is 11.4. The molecule has 4 aromatic rings. The molecule has 0 amide bonds. The number of piperazine rings is 1. The Morgan fingerprint density at radius 2 is 1.88 bits per heavy atom. The minimum atomic E-state index is -1.26. The van der Waals surface area contributed by atoms with Gasteiger partial charge < -0.3 is 29.8 Å². The molecule has 42 heavy (non-hydrogen) atoms. The Bertz CT molecular complexity index is 1510. The van der Waals surface area contributed by atoms with Gasteiger partial charge in [0.2, 0.25) is 17.7 Å². The predicted molar refractivity (Wildman–Crippen MR) is 157 cm³/mol. The van der Waals surface area contributed by atoms with Crippen LogP contribution < -0.4 is 15.5 Å². The van der Waals surface area contributed by atoms with Crippen LogP contribution in [0.5, 0.6) is 0 Å². The molecule has 2 unspecified atom stereocenters. The summed E-state index contributed by atoms with van der Waals surface area (Å²) in [4.78, 5) is 32.5. The molecule has 6 rings (SSSR count). The summed E-state index contributed by atoms with van der Waals surface area (Å²) in [5.74, 6) is 2.28. The normalized spacial score (nSPS) is 19.6. The van der Waals surface area contributed by atoms with Crippen LogP contribution in [0.1, 0.15) is 31.7 Å². The third-order valence-corrected chi connectivity index (χ3v) is 8.22. The van der Waals surface area contributed by atoms with Crippen molar-refractivity contribution in [3.63, 3.8) is 0 Å². The molecule has 0 radical (unpaired) electrons. The number of hydrogen-bond acceptors (Lipinski definition) is 12. The third kappa shape index (κ3) is 5.88. The first-order valence-electron chi connectivity index (χ1n) is 14.4. The van der Waals surface area contributed by atoms with Crippen LogP contribution in [0.4, 0.5) is 17.6 Å². The molecule has 0 saturated carbocycles. The Labute approximate surface area is 243 Å². The quantitative estimate of drug-likeness (QED) is 0.296. The van der Waals surface area contributed by atoms with Gasteiger partial charge in [-0.15, -0.1) is 5.10 Å². The van der Waals surface area contributed by atoms with E-state index in [0.29, 0.717) is 34.8 Å². The molecular formula is C29H37N9O4. The number of nitrogens with two attached hydrogens (primary N) is 1. The highest BCUT2D eigenvalue weighted by atomic mass is 16.5. The Morgan fingerprint density at radius 1 is 1.10 bits per heavy atom. The molecule has 1 aromatic carbocycles. The first kappa shape index (κ1) is 27.9. The van der Waals surface area contributed by atoms with E-state index in [-0.39, 0.29) is 12.4 Å². The fourth-order valence-corrected chi connectivity index (χ4v) is 5.88. The molecule has 5 heterocycles. The molecule has 2 atom stereocenters. The van der Waals surface area contributed by atoms with Crippen LogP contribution in [0.2, 0.25) is 0 Å². The van der Waals surface area contributed by atoms with Crippen molar-refractivity contribution < 1.29 is 19.1 Å². The maximum Gasteiger partial charge on any atom is 0.308 e. The van der Waals surface area contributed by atoms with Gasteiger partial charge in [-0.1, -0.05) is 12.1 Å². The molecule has 0 spiro atoms. The number of nitrogens with zero attached hydrogens (tertiary/aromatic N) is 8. The molecule has 2 fully saturated rings. The van der Waals surface area contributed by atoms with Crippen molar-refractivity contribution in [2.24, 2.45) is 5.92 Å². The van der Waals surface area contributed by atoms with Gasteiger partial charge in [-0.2, -0.15) is 19.5 Å². The standard InChI is InChI=1S/C29H37N9O4/c1-29(40,17-24(39)41-2)21-7-9-22(10-8-21)36-14-12-35(13-15-36)18-20-5-3-11-37(19-20)27-32-26(30)38-28(33-27)31-25(34-38)23-6-4-16-42-23/h4,6-10,16,20,40H,3,5,11-15,17-19H2,1-2H3,(H2,30,31,32,33,34). The second-order valence-electron chi connectivity index (χ2n) is 11.3. The minimum Gasteiger partial charge on any atom is -0.469 e. The first-order chi connectivity index (χ1) is 20.3.